The predicted octanol–water partition coefficient (Wildman–Crippen LogP) is 3.61. The van der Waals surface area contributed by atoms with Gasteiger partial charge in [-0.2, -0.15) is 13.2 Å². The molecule has 0 aliphatic heterocycles. The highest BCUT2D eigenvalue weighted by Gasteiger charge is 2.31. The van der Waals surface area contributed by atoms with E-state index in [2.05, 4.69) is 20.9 Å². The summed E-state index contributed by atoms with van der Waals surface area (Å²) < 4.78 is 37.8. The third-order valence-electron chi connectivity index (χ3n) is 3.56. The molecule has 0 radical (unpaired) electrons. The molecule has 0 spiro atoms. The van der Waals surface area contributed by atoms with E-state index < -0.39 is 17.8 Å². The van der Waals surface area contributed by atoms with Gasteiger partial charge in [-0.05, 0) is 17.5 Å². The van der Waals surface area contributed by atoms with Crippen LogP contribution >= 0.6 is 22.9 Å². The molecular weight excluding hydrogens is 417 g/mol. The third-order valence-corrected chi connectivity index (χ3v) is 4.84. The Morgan fingerprint density at radius 2 is 2.07 bits per heavy atom. The number of nitrogens with one attached hydrogen (secondary N) is 3. The summed E-state index contributed by atoms with van der Waals surface area (Å²) in [6.45, 7) is 1.80. The largest absolute Gasteiger partial charge is 0.417 e. The molecule has 2 heterocycles. The van der Waals surface area contributed by atoms with E-state index in [0.29, 0.717) is 6.20 Å². The van der Waals surface area contributed by atoms with Crippen LogP contribution in [0.5, 0.6) is 0 Å². The SMILES string of the molecule is CC(=O)N[C@H](CC(=O)NCCNc1ncc(C(F)(F)F)cc1Cl)c1cccs1. The van der Waals surface area contributed by atoms with E-state index in [9.17, 15) is 22.8 Å². The van der Waals surface area contributed by atoms with Crippen molar-refractivity contribution in [2.24, 2.45) is 0 Å². The van der Waals surface area contributed by atoms with Gasteiger partial charge in [0.15, 0.2) is 0 Å². The van der Waals surface area contributed by atoms with Crippen LogP contribution in [0.3, 0.4) is 0 Å². The fourth-order valence-corrected chi connectivity index (χ4v) is 3.33. The molecule has 0 aliphatic carbocycles. The van der Waals surface area contributed by atoms with E-state index in [1.165, 1.54) is 18.3 Å². The van der Waals surface area contributed by atoms with Gasteiger partial charge in [-0.15, -0.1) is 11.3 Å². The Labute approximate surface area is 168 Å². The maximum Gasteiger partial charge on any atom is 0.417 e. The van der Waals surface area contributed by atoms with Gasteiger partial charge < -0.3 is 16.0 Å². The second-order valence-corrected chi connectivity index (χ2v) is 7.19. The zero-order valence-corrected chi connectivity index (χ0v) is 16.3. The molecule has 2 aromatic heterocycles. The first-order chi connectivity index (χ1) is 13.2. The molecule has 0 aliphatic rings. The van der Waals surface area contributed by atoms with Crippen molar-refractivity contribution >= 4 is 40.6 Å². The Morgan fingerprint density at radius 3 is 2.64 bits per heavy atom. The lowest BCUT2D eigenvalue weighted by atomic mass is 10.1. The molecule has 11 heteroatoms. The quantitative estimate of drug-likeness (QED) is 0.554. The molecule has 6 nitrogen and oxygen atoms in total. The molecule has 3 N–H and O–H groups in total. The monoisotopic (exact) mass is 434 g/mol. The summed E-state index contributed by atoms with van der Waals surface area (Å²) >= 11 is 7.23. The molecule has 0 saturated heterocycles. The Kier molecular flexibility index (Phi) is 7.64. The van der Waals surface area contributed by atoms with Crippen LogP contribution in [0.4, 0.5) is 19.0 Å². The fourth-order valence-electron chi connectivity index (χ4n) is 2.32. The number of hydrogen-bond acceptors (Lipinski definition) is 5. The number of carbonyl (C=O) groups excluding carboxylic acids is 2. The lowest BCUT2D eigenvalue weighted by Gasteiger charge is -2.16. The highest BCUT2D eigenvalue weighted by molar-refractivity contribution is 7.10. The zero-order valence-electron chi connectivity index (χ0n) is 14.8. The normalized spacial score (nSPS) is 12.3. The van der Waals surface area contributed by atoms with Gasteiger partial charge in [0.25, 0.3) is 0 Å². The van der Waals surface area contributed by atoms with Crippen molar-refractivity contribution in [1.29, 1.82) is 0 Å². The third kappa shape index (κ3) is 6.68. The molecule has 0 aromatic carbocycles. The number of carbonyl (C=O) groups is 2. The number of nitrogens with zero attached hydrogens (tertiary/aromatic N) is 1. The summed E-state index contributed by atoms with van der Waals surface area (Å²) in [5.41, 5.74) is -0.936. The lowest BCUT2D eigenvalue weighted by molar-refractivity contribution is -0.137. The maximum absolute atomic E-state index is 12.6. The van der Waals surface area contributed by atoms with Crippen LogP contribution in [0, 0.1) is 0 Å². The predicted molar refractivity (Wildman–Crippen MR) is 101 cm³/mol. The second-order valence-electron chi connectivity index (χ2n) is 5.80. The molecule has 0 bridgehead atoms. The van der Waals surface area contributed by atoms with Crippen LogP contribution in [0.2, 0.25) is 5.02 Å². The molecular formula is C17H18ClF3N4O2S. The van der Waals surface area contributed by atoms with Gasteiger partial charge in [0, 0.05) is 31.1 Å². The van der Waals surface area contributed by atoms with Gasteiger partial charge in [0.1, 0.15) is 5.82 Å². The summed E-state index contributed by atoms with van der Waals surface area (Å²) in [6, 6.07) is 4.03. The number of rotatable bonds is 8. The Bertz CT molecular complexity index is 815. The molecule has 2 rings (SSSR count). The number of halogens is 4. The molecule has 152 valence electrons. The fraction of sp³-hybridized carbons (Fsp3) is 0.353. The smallest absolute Gasteiger partial charge is 0.367 e. The number of alkyl halides is 3. The molecule has 28 heavy (non-hydrogen) atoms. The van der Waals surface area contributed by atoms with Crippen molar-refractivity contribution in [3.05, 3.63) is 45.2 Å². The molecule has 1 atom stereocenters. The summed E-state index contributed by atoms with van der Waals surface area (Å²) in [5.74, 6) is -0.421. The van der Waals surface area contributed by atoms with Crippen LogP contribution in [0.25, 0.3) is 0 Å². The van der Waals surface area contributed by atoms with Crippen LogP contribution in [0.15, 0.2) is 29.8 Å². The number of aromatic nitrogens is 1. The number of pyridine rings is 1. The Morgan fingerprint density at radius 1 is 1.32 bits per heavy atom. The van der Waals surface area contributed by atoms with Gasteiger partial charge in [-0.25, -0.2) is 4.98 Å². The van der Waals surface area contributed by atoms with Crippen LogP contribution < -0.4 is 16.0 Å². The summed E-state index contributed by atoms with van der Waals surface area (Å²) in [6.07, 6.45) is -3.76. The highest BCUT2D eigenvalue weighted by Crippen LogP contribution is 2.32. The topological polar surface area (TPSA) is 83.1 Å². The molecule has 0 unspecified atom stereocenters. The average Bonchev–Trinajstić information content (AvgIpc) is 3.12. The van der Waals surface area contributed by atoms with Crippen molar-refractivity contribution in [3.8, 4) is 0 Å². The van der Waals surface area contributed by atoms with Crippen molar-refractivity contribution in [2.45, 2.75) is 25.6 Å². The minimum atomic E-state index is -4.52. The standard InChI is InChI=1S/C17H18ClF3N4O2S/c1-10(26)25-13(14-3-2-6-28-14)8-15(27)22-4-5-23-16-12(18)7-11(9-24-16)17(19,20)21/h2-3,6-7,9,13H,4-5,8H2,1H3,(H,22,27)(H,23,24)(H,25,26)/t13-/m1/s1. The van der Waals surface area contributed by atoms with Gasteiger partial charge >= 0.3 is 6.18 Å². The summed E-state index contributed by atoms with van der Waals surface area (Å²) in [4.78, 5) is 28.0. The molecule has 2 amide bonds. The number of hydrogen-bond donors (Lipinski definition) is 3. The highest BCUT2D eigenvalue weighted by atomic mass is 35.5. The van der Waals surface area contributed by atoms with Crippen LogP contribution in [0.1, 0.15) is 29.8 Å². The number of amides is 2. The molecule has 0 fully saturated rings. The minimum absolute atomic E-state index is 0.0688. The average molecular weight is 435 g/mol. The van der Waals surface area contributed by atoms with Gasteiger partial charge in [-0.1, -0.05) is 17.7 Å². The van der Waals surface area contributed by atoms with Crippen molar-refractivity contribution in [3.63, 3.8) is 0 Å². The molecule has 2 aromatic rings. The minimum Gasteiger partial charge on any atom is -0.367 e. The van der Waals surface area contributed by atoms with E-state index in [1.807, 2.05) is 17.5 Å². The van der Waals surface area contributed by atoms with Crippen molar-refractivity contribution in [2.75, 3.05) is 18.4 Å². The summed E-state index contributed by atoms with van der Waals surface area (Å²) in [7, 11) is 0. The Balaban J connectivity index is 1.81. The van der Waals surface area contributed by atoms with E-state index in [0.717, 1.165) is 10.9 Å². The number of thiophene rings is 1. The van der Waals surface area contributed by atoms with E-state index in [4.69, 9.17) is 11.6 Å². The first-order valence-electron chi connectivity index (χ1n) is 8.20. The first kappa shape index (κ1) is 22.0. The lowest BCUT2D eigenvalue weighted by Crippen LogP contribution is -2.34. The van der Waals surface area contributed by atoms with Gasteiger partial charge in [0.05, 0.1) is 23.0 Å². The van der Waals surface area contributed by atoms with Crippen LogP contribution in [-0.2, 0) is 15.8 Å². The van der Waals surface area contributed by atoms with Gasteiger partial charge in [0.2, 0.25) is 11.8 Å². The van der Waals surface area contributed by atoms with E-state index in [-0.39, 0.29) is 42.2 Å². The van der Waals surface area contributed by atoms with E-state index in [1.54, 1.807) is 0 Å². The maximum atomic E-state index is 12.6. The van der Waals surface area contributed by atoms with Gasteiger partial charge in [-0.3, -0.25) is 9.59 Å². The van der Waals surface area contributed by atoms with Crippen molar-refractivity contribution < 1.29 is 22.8 Å². The second kappa shape index (κ2) is 9.74. The first-order valence-corrected chi connectivity index (χ1v) is 9.46. The number of anilines is 1. The van der Waals surface area contributed by atoms with Crippen LogP contribution in [-0.4, -0.2) is 29.9 Å². The zero-order chi connectivity index (χ0) is 20.7. The summed E-state index contributed by atoms with van der Waals surface area (Å²) in [5, 5.41) is 9.86. The molecule has 0 saturated carbocycles. The van der Waals surface area contributed by atoms with Crippen molar-refractivity contribution in [1.82, 2.24) is 15.6 Å². The van der Waals surface area contributed by atoms with E-state index >= 15 is 0 Å². The Hall–Kier alpha value is -2.33.